The SMILES string of the molecule is CCCNC(=O)C(C)N(C)CC(=O)Nc1ccccc1CC. The largest absolute Gasteiger partial charge is 0.355 e. The number of carbonyl (C=O) groups excluding carboxylic acids is 2. The highest BCUT2D eigenvalue weighted by Crippen LogP contribution is 2.15. The molecule has 0 fully saturated rings. The molecular formula is C17H27N3O2. The maximum Gasteiger partial charge on any atom is 0.238 e. The van der Waals surface area contributed by atoms with Crippen LogP contribution in [-0.2, 0) is 16.0 Å². The fourth-order valence-corrected chi connectivity index (χ4v) is 2.10. The molecule has 1 rings (SSSR count). The van der Waals surface area contributed by atoms with Crippen LogP contribution in [0.1, 0.15) is 32.8 Å². The van der Waals surface area contributed by atoms with Crippen molar-refractivity contribution in [2.45, 2.75) is 39.7 Å². The van der Waals surface area contributed by atoms with Gasteiger partial charge in [-0.25, -0.2) is 0 Å². The van der Waals surface area contributed by atoms with E-state index in [9.17, 15) is 9.59 Å². The van der Waals surface area contributed by atoms with E-state index in [2.05, 4.69) is 17.6 Å². The molecule has 0 spiro atoms. The Morgan fingerprint density at radius 3 is 2.55 bits per heavy atom. The summed E-state index contributed by atoms with van der Waals surface area (Å²) >= 11 is 0. The van der Waals surface area contributed by atoms with Gasteiger partial charge in [0, 0.05) is 12.2 Å². The van der Waals surface area contributed by atoms with Gasteiger partial charge in [0.05, 0.1) is 12.6 Å². The molecule has 0 heterocycles. The molecule has 0 saturated carbocycles. The van der Waals surface area contributed by atoms with E-state index in [0.29, 0.717) is 6.54 Å². The average molecular weight is 305 g/mol. The molecule has 2 amide bonds. The number of anilines is 1. The van der Waals surface area contributed by atoms with Gasteiger partial charge >= 0.3 is 0 Å². The molecule has 0 aliphatic carbocycles. The van der Waals surface area contributed by atoms with Crippen LogP contribution < -0.4 is 10.6 Å². The highest BCUT2D eigenvalue weighted by atomic mass is 16.2. The molecule has 1 aromatic carbocycles. The Morgan fingerprint density at radius 2 is 1.91 bits per heavy atom. The van der Waals surface area contributed by atoms with Crippen LogP contribution in [-0.4, -0.2) is 42.9 Å². The van der Waals surface area contributed by atoms with Gasteiger partial charge in [-0.15, -0.1) is 0 Å². The maximum absolute atomic E-state index is 12.1. The number of hydrogen-bond donors (Lipinski definition) is 2. The summed E-state index contributed by atoms with van der Waals surface area (Å²) in [6.07, 6.45) is 1.76. The molecule has 0 aliphatic rings. The number of amides is 2. The monoisotopic (exact) mass is 305 g/mol. The van der Waals surface area contributed by atoms with Gasteiger partial charge in [-0.05, 0) is 38.4 Å². The van der Waals surface area contributed by atoms with Crippen molar-refractivity contribution in [2.75, 3.05) is 25.5 Å². The van der Waals surface area contributed by atoms with Crippen LogP contribution in [0.4, 0.5) is 5.69 Å². The Morgan fingerprint density at radius 1 is 1.23 bits per heavy atom. The molecule has 2 N–H and O–H groups in total. The second-order valence-electron chi connectivity index (χ2n) is 5.44. The molecule has 5 nitrogen and oxygen atoms in total. The number of benzene rings is 1. The Hall–Kier alpha value is -1.88. The summed E-state index contributed by atoms with van der Waals surface area (Å²) in [4.78, 5) is 25.8. The molecule has 1 atom stereocenters. The summed E-state index contributed by atoms with van der Waals surface area (Å²) in [5.41, 5.74) is 1.94. The second kappa shape index (κ2) is 9.20. The summed E-state index contributed by atoms with van der Waals surface area (Å²) in [5, 5.41) is 5.76. The smallest absolute Gasteiger partial charge is 0.238 e. The van der Waals surface area contributed by atoms with Crippen LogP contribution in [0.5, 0.6) is 0 Å². The standard InChI is InChI=1S/C17H27N3O2/c1-5-11-18-17(22)13(3)20(4)12-16(21)19-15-10-8-7-9-14(15)6-2/h7-10,13H,5-6,11-12H2,1-4H3,(H,18,22)(H,19,21). The Kier molecular flexibility index (Phi) is 7.60. The molecule has 0 aromatic heterocycles. The average Bonchev–Trinajstić information content (AvgIpc) is 2.52. The van der Waals surface area contributed by atoms with Crippen LogP contribution >= 0.6 is 0 Å². The van der Waals surface area contributed by atoms with Crippen molar-refractivity contribution in [3.63, 3.8) is 0 Å². The summed E-state index contributed by atoms with van der Waals surface area (Å²) in [7, 11) is 1.78. The predicted molar refractivity (Wildman–Crippen MR) is 89.8 cm³/mol. The van der Waals surface area contributed by atoms with Gasteiger partial charge in [-0.2, -0.15) is 0 Å². The zero-order chi connectivity index (χ0) is 16.5. The Balaban J connectivity index is 2.55. The first-order valence-corrected chi connectivity index (χ1v) is 7.85. The number of para-hydroxylation sites is 1. The van der Waals surface area contributed by atoms with Gasteiger partial charge < -0.3 is 10.6 Å². The quantitative estimate of drug-likeness (QED) is 0.772. The number of rotatable bonds is 8. The lowest BCUT2D eigenvalue weighted by Gasteiger charge is -2.23. The van der Waals surface area contributed by atoms with Crippen molar-refractivity contribution >= 4 is 17.5 Å². The lowest BCUT2D eigenvalue weighted by Crippen LogP contribution is -2.46. The van der Waals surface area contributed by atoms with Crippen molar-refractivity contribution in [3.05, 3.63) is 29.8 Å². The highest BCUT2D eigenvalue weighted by Gasteiger charge is 2.19. The van der Waals surface area contributed by atoms with E-state index in [1.807, 2.05) is 31.2 Å². The number of carbonyl (C=O) groups is 2. The van der Waals surface area contributed by atoms with Crippen LogP contribution in [0.15, 0.2) is 24.3 Å². The van der Waals surface area contributed by atoms with Crippen LogP contribution in [0.25, 0.3) is 0 Å². The lowest BCUT2D eigenvalue weighted by atomic mass is 10.1. The number of nitrogens with zero attached hydrogens (tertiary/aromatic N) is 1. The molecule has 122 valence electrons. The Bertz CT molecular complexity index is 502. The molecular weight excluding hydrogens is 278 g/mol. The van der Waals surface area contributed by atoms with Crippen LogP contribution in [0, 0.1) is 0 Å². The van der Waals surface area contributed by atoms with Gasteiger partial charge in [-0.3, -0.25) is 14.5 Å². The third-order valence-corrected chi connectivity index (χ3v) is 3.66. The molecule has 22 heavy (non-hydrogen) atoms. The summed E-state index contributed by atoms with van der Waals surface area (Å²) in [6.45, 7) is 6.70. The fourth-order valence-electron chi connectivity index (χ4n) is 2.10. The molecule has 1 unspecified atom stereocenters. The van der Waals surface area contributed by atoms with Crippen molar-refractivity contribution in [1.82, 2.24) is 10.2 Å². The van der Waals surface area contributed by atoms with E-state index in [4.69, 9.17) is 0 Å². The lowest BCUT2D eigenvalue weighted by molar-refractivity contribution is -0.126. The second-order valence-corrected chi connectivity index (χ2v) is 5.44. The van der Waals surface area contributed by atoms with E-state index < -0.39 is 0 Å². The van der Waals surface area contributed by atoms with E-state index in [-0.39, 0.29) is 24.4 Å². The van der Waals surface area contributed by atoms with Crippen molar-refractivity contribution in [1.29, 1.82) is 0 Å². The number of aryl methyl sites for hydroxylation is 1. The topological polar surface area (TPSA) is 61.4 Å². The first-order chi connectivity index (χ1) is 10.5. The summed E-state index contributed by atoms with van der Waals surface area (Å²) < 4.78 is 0. The van der Waals surface area contributed by atoms with Gasteiger partial charge in [-0.1, -0.05) is 32.0 Å². The first kappa shape index (κ1) is 18.2. The van der Waals surface area contributed by atoms with Gasteiger partial charge in [0.15, 0.2) is 0 Å². The number of likely N-dealkylation sites (N-methyl/N-ethyl adjacent to an activating group) is 1. The third-order valence-electron chi connectivity index (χ3n) is 3.66. The molecule has 0 aliphatic heterocycles. The molecule has 0 saturated heterocycles. The normalized spacial score (nSPS) is 12.0. The van der Waals surface area contributed by atoms with Crippen LogP contribution in [0.2, 0.25) is 0 Å². The fraction of sp³-hybridized carbons (Fsp3) is 0.529. The number of nitrogens with one attached hydrogen (secondary N) is 2. The molecule has 0 bridgehead atoms. The molecule has 5 heteroatoms. The maximum atomic E-state index is 12.1. The summed E-state index contributed by atoms with van der Waals surface area (Å²) in [5.74, 6) is -0.162. The minimum atomic E-state index is -0.335. The van der Waals surface area contributed by atoms with E-state index >= 15 is 0 Å². The van der Waals surface area contributed by atoms with Gasteiger partial charge in [0.1, 0.15) is 0 Å². The van der Waals surface area contributed by atoms with Crippen molar-refractivity contribution in [3.8, 4) is 0 Å². The molecule has 1 aromatic rings. The first-order valence-electron chi connectivity index (χ1n) is 7.85. The minimum absolute atomic E-state index is 0.0499. The van der Waals surface area contributed by atoms with Gasteiger partial charge in [0.25, 0.3) is 0 Å². The third kappa shape index (κ3) is 5.48. The highest BCUT2D eigenvalue weighted by molar-refractivity contribution is 5.93. The summed E-state index contributed by atoms with van der Waals surface area (Å²) in [6, 6.07) is 7.42. The molecule has 0 radical (unpaired) electrons. The van der Waals surface area contributed by atoms with Crippen molar-refractivity contribution < 1.29 is 9.59 Å². The van der Waals surface area contributed by atoms with E-state index in [1.165, 1.54) is 0 Å². The van der Waals surface area contributed by atoms with Crippen LogP contribution in [0.3, 0.4) is 0 Å². The Labute approximate surface area is 133 Å². The predicted octanol–water partition coefficient (Wildman–Crippen LogP) is 2.03. The zero-order valence-electron chi connectivity index (χ0n) is 14.0. The van der Waals surface area contributed by atoms with Gasteiger partial charge in [0.2, 0.25) is 11.8 Å². The minimum Gasteiger partial charge on any atom is -0.355 e. The number of hydrogen-bond acceptors (Lipinski definition) is 3. The zero-order valence-corrected chi connectivity index (χ0v) is 14.0. The van der Waals surface area contributed by atoms with E-state index in [1.54, 1.807) is 18.9 Å². The van der Waals surface area contributed by atoms with E-state index in [0.717, 1.165) is 24.1 Å². The van der Waals surface area contributed by atoms with Crippen molar-refractivity contribution in [2.24, 2.45) is 0 Å².